The van der Waals surface area contributed by atoms with Gasteiger partial charge in [0.05, 0.1) is 26.2 Å². The molecule has 2 amide bonds. The van der Waals surface area contributed by atoms with Gasteiger partial charge in [-0.3, -0.25) is 13.9 Å². The fraction of sp³-hybridized carbons (Fsp3) is 0.364. The largest absolute Gasteiger partial charge is 0.497 e. The zero-order valence-electron chi connectivity index (χ0n) is 18.9. The molecule has 2 aromatic carbocycles. The highest BCUT2D eigenvalue weighted by molar-refractivity contribution is 7.92. The molecular formula is C22H29N3O6S. The summed E-state index contributed by atoms with van der Waals surface area (Å²) in [5.74, 6) is 0.165. The van der Waals surface area contributed by atoms with Crippen LogP contribution in [-0.2, 0) is 26.2 Å². The van der Waals surface area contributed by atoms with Crippen LogP contribution in [-0.4, -0.2) is 65.2 Å². The molecule has 0 saturated carbocycles. The van der Waals surface area contributed by atoms with Crippen molar-refractivity contribution in [2.75, 3.05) is 38.4 Å². The number of amides is 2. The minimum absolute atomic E-state index is 0.0976. The van der Waals surface area contributed by atoms with Crippen LogP contribution in [0, 0.1) is 0 Å². The van der Waals surface area contributed by atoms with Crippen molar-refractivity contribution < 1.29 is 27.5 Å². The number of nitrogens with one attached hydrogen (secondary N) is 1. The Labute approximate surface area is 189 Å². The number of ether oxygens (including phenoxy) is 2. The maximum Gasteiger partial charge on any atom is 0.244 e. The Morgan fingerprint density at radius 1 is 1.03 bits per heavy atom. The number of benzene rings is 2. The Hall–Kier alpha value is -3.27. The summed E-state index contributed by atoms with van der Waals surface area (Å²) in [6.45, 7) is 1.21. The maximum absolute atomic E-state index is 13.3. The normalized spacial score (nSPS) is 11.9. The Morgan fingerprint density at radius 2 is 1.62 bits per heavy atom. The second-order valence-corrected chi connectivity index (χ2v) is 9.04. The zero-order valence-corrected chi connectivity index (χ0v) is 19.7. The molecule has 32 heavy (non-hydrogen) atoms. The molecule has 0 aromatic heterocycles. The number of carbonyl (C=O) groups is 2. The average Bonchev–Trinajstić information content (AvgIpc) is 2.79. The van der Waals surface area contributed by atoms with E-state index < -0.39 is 28.5 Å². The van der Waals surface area contributed by atoms with Gasteiger partial charge in [-0.1, -0.05) is 18.2 Å². The minimum atomic E-state index is -3.80. The quantitative estimate of drug-likeness (QED) is 0.574. The number of anilines is 1. The van der Waals surface area contributed by atoms with Crippen molar-refractivity contribution in [3.05, 3.63) is 54.1 Å². The van der Waals surface area contributed by atoms with Crippen LogP contribution in [0.1, 0.15) is 12.5 Å². The number of hydrogen-bond donors (Lipinski definition) is 1. The zero-order chi connectivity index (χ0) is 23.9. The van der Waals surface area contributed by atoms with E-state index in [4.69, 9.17) is 9.47 Å². The van der Waals surface area contributed by atoms with Crippen LogP contribution in [0.15, 0.2) is 48.5 Å². The predicted octanol–water partition coefficient (Wildman–Crippen LogP) is 1.63. The van der Waals surface area contributed by atoms with Gasteiger partial charge < -0.3 is 19.7 Å². The molecule has 174 valence electrons. The van der Waals surface area contributed by atoms with E-state index in [-0.39, 0.29) is 18.1 Å². The molecule has 0 aliphatic heterocycles. The molecule has 2 rings (SSSR count). The number of sulfonamides is 1. The highest BCUT2D eigenvalue weighted by Gasteiger charge is 2.29. The summed E-state index contributed by atoms with van der Waals surface area (Å²) in [6.07, 6.45) is 1.02. The highest BCUT2D eigenvalue weighted by Crippen LogP contribution is 2.24. The van der Waals surface area contributed by atoms with Gasteiger partial charge in [-0.05, 0) is 36.8 Å². The fourth-order valence-electron chi connectivity index (χ4n) is 3.14. The summed E-state index contributed by atoms with van der Waals surface area (Å²) in [4.78, 5) is 27.0. The second kappa shape index (κ2) is 10.9. The molecule has 0 aliphatic rings. The van der Waals surface area contributed by atoms with Crippen molar-refractivity contribution in [2.24, 2.45) is 0 Å². The lowest BCUT2D eigenvalue weighted by Crippen LogP contribution is -2.50. The SMILES string of the molecule is CNC(=O)C(C)N(Cc1cccc(OC)c1)C(=O)CN(c1cccc(OC)c1)S(C)(=O)=O. The molecular weight excluding hydrogens is 434 g/mol. The van der Waals surface area contributed by atoms with E-state index in [1.807, 2.05) is 0 Å². The molecule has 0 bridgehead atoms. The highest BCUT2D eigenvalue weighted by atomic mass is 32.2. The first kappa shape index (κ1) is 25.0. The van der Waals surface area contributed by atoms with Crippen molar-refractivity contribution >= 4 is 27.5 Å². The molecule has 0 radical (unpaired) electrons. The summed E-state index contributed by atoms with van der Waals surface area (Å²) in [5, 5.41) is 2.53. The Bertz CT molecular complexity index is 1060. The van der Waals surface area contributed by atoms with Crippen LogP contribution < -0.4 is 19.1 Å². The van der Waals surface area contributed by atoms with Gasteiger partial charge in [-0.25, -0.2) is 8.42 Å². The van der Waals surface area contributed by atoms with Crippen LogP contribution in [0.4, 0.5) is 5.69 Å². The van der Waals surface area contributed by atoms with E-state index in [2.05, 4.69) is 5.32 Å². The predicted molar refractivity (Wildman–Crippen MR) is 122 cm³/mol. The van der Waals surface area contributed by atoms with Gasteiger partial charge in [-0.15, -0.1) is 0 Å². The van der Waals surface area contributed by atoms with Crippen LogP contribution in [0.2, 0.25) is 0 Å². The van der Waals surface area contributed by atoms with Gasteiger partial charge in [0, 0.05) is 19.7 Å². The number of nitrogens with zero attached hydrogens (tertiary/aromatic N) is 2. The van der Waals surface area contributed by atoms with E-state index in [0.717, 1.165) is 16.1 Å². The van der Waals surface area contributed by atoms with Gasteiger partial charge in [0.1, 0.15) is 24.1 Å². The standard InChI is InChI=1S/C22H29N3O6S/c1-16(22(27)23-2)24(14-17-8-6-10-19(12-17)30-3)21(26)15-25(32(5,28)29)18-9-7-11-20(13-18)31-4/h6-13,16H,14-15H2,1-5H3,(H,23,27). The molecule has 1 N–H and O–H groups in total. The van der Waals surface area contributed by atoms with Crippen molar-refractivity contribution in [3.63, 3.8) is 0 Å². The Kier molecular flexibility index (Phi) is 8.48. The first-order valence-corrected chi connectivity index (χ1v) is 11.7. The monoisotopic (exact) mass is 463 g/mol. The summed E-state index contributed by atoms with van der Waals surface area (Å²) in [5.41, 5.74) is 1.02. The van der Waals surface area contributed by atoms with Crippen LogP contribution in [0.25, 0.3) is 0 Å². The number of methoxy groups -OCH3 is 2. The van der Waals surface area contributed by atoms with Crippen molar-refractivity contribution in [2.45, 2.75) is 19.5 Å². The third kappa shape index (κ3) is 6.36. The summed E-state index contributed by atoms with van der Waals surface area (Å²) < 4.78 is 36.4. The molecule has 1 atom stereocenters. The molecule has 0 saturated heterocycles. The van der Waals surface area contributed by atoms with Gasteiger partial charge >= 0.3 is 0 Å². The molecule has 0 spiro atoms. The van der Waals surface area contributed by atoms with Crippen molar-refractivity contribution in [1.29, 1.82) is 0 Å². The van der Waals surface area contributed by atoms with Gasteiger partial charge in [0.15, 0.2) is 0 Å². The van der Waals surface area contributed by atoms with Crippen LogP contribution in [0.3, 0.4) is 0 Å². The molecule has 9 nitrogen and oxygen atoms in total. The number of rotatable bonds is 10. The first-order chi connectivity index (χ1) is 15.1. The molecule has 10 heteroatoms. The first-order valence-electron chi connectivity index (χ1n) is 9.86. The lowest BCUT2D eigenvalue weighted by atomic mass is 10.1. The van der Waals surface area contributed by atoms with Gasteiger partial charge in [0.25, 0.3) is 0 Å². The molecule has 0 aliphatic carbocycles. The average molecular weight is 464 g/mol. The van der Waals surface area contributed by atoms with Crippen LogP contribution >= 0.6 is 0 Å². The molecule has 2 aromatic rings. The lowest BCUT2D eigenvalue weighted by Gasteiger charge is -2.31. The minimum Gasteiger partial charge on any atom is -0.497 e. The summed E-state index contributed by atoms with van der Waals surface area (Å²) in [7, 11) is 0.685. The number of carbonyl (C=O) groups excluding carboxylic acids is 2. The lowest BCUT2D eigenvalue weighted by molar-refractivity contribution is -0.139. The molecule has 0 fully saturated rings. The third-order valence-corrected chi connectivity index (χ3v) is 6.06. The van der Waals surface area contributed by atoms with Gasteiger partial charge in [0.2, 0.25) is 21.8 Å². The summed E-state index contributed by atoms with van der Waals surface area (Å²) in [6, 6.07) is 12.7. The van der Waals surface area contributed by atoms with Crippen LogP contribution in [0.5, 0.6) is 11.5 Å². The molecule has 0 heterocycles. The van der Waals surface area contributed by atoms with Crippen molar-refractivity contribution in [1.82, 2.24) is 10.2 Å². The number of hydrogen-bond acceptors (Lipinski definition) is 6. The fourth-order valence-corrected chi connectivity index (χ4v) is 3.98. The Balaban J connectivity index is 2.40. The number of likely N-dealkylation sites (N-methyl/N-ethyl adjacent to an activating group) is 1. The smallest absolute Gasteiger partial charge is 0.244 e. The topological polar surface area (TPSA) is 105 Å². The van der Waals surface area contributed by atoms with E-state index in [0.29, 0.717) is 11.5 Å². The van der Waals surface area contributed by atoms with E-state index in [9.17, 15) is 18.0 Å². The van der Waals surface area contributed by atoms with E-state index >= 15 is 0 Å². The summed E-state index contributed by atoms with van der Waals surface area (Å²) >= 11 is 0. The second-order valence-electron chi connectivity index (χ2n) is 7.13. The third-order valence-electron chi connectivity index (χ3n) is 4.92. The van der Waals surface area contributed by atoms with Crippen molar-refractivity contribution in [3.8, 4) is 11.5 Å². The molecule has 1 unspecified atom stereocenters. The maximum atomic E-state index is 13.3. The van der Waals surface area contributed by atoms with E-state index in [1.165, 1.54) is 32.2 Å². The van der Waals surface area contributed by atoms with E-state index in [1.54, 1.807) is 49.4 Å². The van der Waals surface area contributed by atoms with Gasteiger partial charge in [-0.2, -0.15) is 0 Å². The Morgan fingerprint density at radius 3 is 2.19 bits per heavy atom.